The molecule has 1 N–H and O–H groups in total. The van der Waals surface area contributed by atoms with Crippen molar-refractivity contribution in [1.29, 1.82) is 0 Å². The van der Waals surface area contributed by atoms with Gasteiger partial charge in [0.2, 0.25) is 0 Å². The lowest BCUT2D eigenvalue weighted by molar-refractivity contribution is 0.303. The number of aromatic nitrogens is 1. The van der Waals surface area contributed by atoms with Crippen LogP contribution in [0.15, 0.2) is 42.6 Å². The van der Waals surface area contributed by atoms with Crippen molar-refractivity contribution in [3.05, 3.63) is 53.7 Å². The van der Waals surface area contributed by atoms with E-state index in [1.54, 1.807) is 0 Å². The van der Waals surface area contributed by atoms with Gasteiger partial charge in [-0.1, -0.05) is 25.1 Å². The number of aryl methyl sites for hydroxylation is 1. The first-order chi connectivity index (χ1) is 9.33. The summed E-state index contributed by atoms with van der Waals surface area (Å²) < 4.78 is 5.89. The summed E-state index contributed by atoms with van der Waals surface area (Å²) in [5, 5.41) is 3.20. The zero-order valence-electron chi connectivity index (χ0n) is 11.5. The molecule has 0 radical (unpaired) electrons. The minimum atomic E-state index is 0.567. The Bertz CT molecular complexity index is 526. The third-order valence-electron chi connectivity index (χ3n) is 2.93. The molecule has 100 valence electrons. The molecule has 0 saturated heterocycles. The summed E-state index contributed by atoms with van der Waals surface area (Å²) >= 11 is 0. The van der Waals surface area contributed by atoms with E-state index < -0.39 is 0 Å². The molecular weight excluding hydrogens is 236 g/mol. The number of anilines is 1. The van der Waals surface area contributed by atoms with Gasteiger partial charge in [0.25, 0.3) is 0 Å². The van der Waals surface area contributed by atoms with E-state index >= 15 is 0 Å². The summed E-state index contributed by atoms with van der Waals surface area (Å²) in [6.45, 7) is 5.63. The number of benzene rings is 1. The highest BCUT2D eigenvalue weighted by Crippen LogP contribution is 2.20. The van der Waals surface area contributed by atoms with Crippen molar-refractivity contribution in [2.75, 3.05) is 11.9 Å². The lowest BCUT2D eigenvalue weighted by Gasteiger charge is -2.11. The van der Waals surface area contributed by atoms with Gasteiger partial charge in [0.15, 0.2) is 0 Å². The zero-order chi connectivity index (χ0) is 13.5. The average molecular weight is 256 g/mol. The molecule has 0 atom stereocenters. The highest BCUT2D eigenvalue weighted by Gasteiger charge is 2.02. The molecule has 0 aliphatic heterocycles. The van der Waals surface area contributed by atoms with E-state index in [4.69, 9.17) is 4.74 Å². The third kappa shape index (κ3) is 3.71. The van der Waals surface area contributed by atoms with E-state index in [-0.39, 0.29) is 0 Å². The molecule has 1 heterocycles. The lowest BCUT2D eigenvalue weighted by atomic mass is 10.1. The first kappa shape index (κ1) is 13.4. The number of hydrogen-bond acceptors (Lipinski definition) is 3. The van der Waals surface area contributed by atoms with Gasteiger partial charge in [-0.15, -0.1) is 0 Å². The van der Waals surface area contributed by atoms with Gasteiger partial charge in [0, 0.05) is 12.7 Å². The molecule has 0 saturated carbocycles. The normalized spacial score (nSPS) is 10.2. The van der Waals surface area contributed by atoms with Crippen LogP contribution in [0, 0.1) is 0 Å². The molecule has 0 aliphatic carbocycles. The Morgan fingerprint density at radius 3 is 2.79 bits per heavy atom. The van der Waals surface area contributed by atoms with Gasteiger partial charge >= 0.3 is 0 Å². The van der Waals surface area contributed by atoms with Gasteiger partial charge in [-0.05, 0) is 42.7 Å². The molecule has 3 nitrogen and oxygen atoms in total. The van der Waals surface area contributed by atoms with Crippen molar-refractivity contribution in [3.8, 4) is 5.75 Å². The minimum absolute atomic E-state index is 0.567. The van der Waals surface area contributed by atoms with Crippen molar-refractivity contribution in [1.82, 2.24) is 4.98 Å². The van der Waals surface area contributed by atoms with Gasteiger partial charge < -0.3 is 10.1 Å². The summed E-state index contributed by atoms with van der Waals surface area (Å²) in [4.78, 5) is 4.25. The molecule has 3 heteroatoms. The molecule has 0 amide bonds. The van der Waals surface area contributed by atoms with Crippen LogP contribution in [0.3, 0.4) is 0 Å². The van der Waals surface area contributed by atoms with Gasteiger partial charge in [0.1, 0.15) is 18.2 Å². The maximum atomic E-state index is 5.89. The number of para-hydroxylation sites is 1. The number of nitrogens with one attached hydrogen (secondary N) is 1. The van der Waals surface area contributed by atoms with E-state index in [1.165, 1.54) is 5.56 Å². The molecular formula is C16H20N2O. The molecule has 0 aliphatic rings. The minimum Gasteiger partial charge on any atom is -0.489 e. The number of ether oxygens (including phenoxy) is 1. The van der Waals surface area contributed by atoms with Crippen molar-refractivity contribution in [2.24, 2.45) is 0 Å². The standard InChI is InChI=1S/C16H20N2O/c1-3-14-7-5-6-8-15(14)19-12-13-9-10-18-16(11-13)17-4-2/h5-11H,3-4,12H2,1-2H3,(H,17,18). The van der Waals surface area contributed by atoms with E-state index in [0.717, 1.165) is 30.1 Å². The second-order valence-corrected chi connectivity index (χ2v) is 4.33. The number of pyridine rings is 1. The summed E-state index contributed by atoms with van der Waals surface area (Å²) in [5.74, 6) is 1.86. The second-order valence-electron chi connectivity index (χ2n) is 4.33. The largest absolute Gasteiger partial charge is 0.489 e. The molecule has 2 rings (SSSR count). The molecule has 0 fully saturated rings. The molecule has 19 heavy (non-hydrogen) atoms. The summed E-state index contributed by atoms with van der Waals surface area (Å²) in [6.07, 6.45) is 2.79. The Morgan fingerprint density at radius 1 is 1.16 bits per heavy atom. The first-order valence-corrected chi connectivity index (χ1v) is 6.73. The Labute approximate surface area is 114 Å². The third-order valence-corrected chi connectivity index (χ3v) is 2.93. The Balaban J connectivity index is 2.03. The summed E-state index contributed by atoms with van der Waals surface area (Å²) in [7, 11) is 0. The fraction of sp³-hybridized carbons (Fsp3) is 0.312. The Hall–Kier alpha value is -2.03. The van der Waals surface area contributed by atoms with Crippen molar-refractivity contribution in [3.63, 3.8) is 0 Å². The fourth-order valence-electron chi connectivity index (χ4n) is 1.94. The second kappa shape index (κ2) is 6.78. The van der Waals surface area contributed by atoms with Gasteiger partial charge in [-0.3, -0.25) is 0 Å². The first-order valence-electron chi connectivity index (χ1n) is 6.73. The zero-order valence-corrected chi connectivity index (χ0v) is 11.5. The van der Waals surface area contributed by atoms with E-state index in [9.17, 15) is 0 Å². The van der Waals surface area contributed by atoms with Crippen LogP contribution in [0.5, 0.6) is 5.75 Å². The predicted octanol–water partition coefficient (Wildman–Crippen LogP) is 3.65. The molecule has 0 spiro atoms. The highest BCUT2D eigenvalue weighted by atomic mass is 16.5. The van der Waals surface area contributed by atoms with Gasteiger partial charge in [0.05, 0.1) is 0 Å². The number of nitrogens with zero attached hydrogens (tertiary/aromatic N) is 1. The van der Waals surface area contributed by atoms with Crippen LogP contribution in [0.2, 0.25) is 0 Å². The molecule has 0 unspecified atom stereocenters. The van der Waals surface area contributed by atoms with Crippen LogP contribution in [0.25, 0.3) is 0 Å². The summed E-state index contributed by atoms with van der Waals surface area (Å²) in [5.41, 5.74) is 2.36. The smallest absolute Gasteiger partial charge is 0.126 e. The van der Waals surface area contributed by atoms with Crippen LogP contribution in [0.4, 0.5) is 5.82 Å². The number of hydrogen-bond donors (Lipinski definition) is 1. The quantitative estimate of drug-likeness (QED) is 0.856. The fourth-order valence-corrected chi connectivity index (χ4v) is 1.94. The Morgan fingerprint density at radius 2 is 2.00 bits per heavy atom. The Kier molecular flexibility index (Phi) is 4.78. The maximum Gasteiger partial charge on any atom is 0.126 e. The lowest BCUT2D eigenvalue weighted by Crippen LogP contribution is -2.02. The van der Waals surface area contributed by atoms with Gasteiger partial charge in [-0.2, -0.15) is 0 Å². The average Bonchev–Trinajstić information content (AvgIpc) is 2.46. The van der Waals surface area contributed by atoms with Crippen molar-refractivity contribution in [2.45, 2.75) is 26.9 Å². The van der Waals surface area contributed by atoms with Gasteiger partial charge in [-0.25, -0.2) is 4.98 Å². The SMILES string of the molecule is CCNc1cc(COc2ccccc2CC)ccn1. The van der Waals surface area contributed by atoms with E-state index in [1.807, 2.05) is 36.5 Å². The summed E-state index contributed by atoms with van der Waals surface area (Å²) in [6, 6.07) is 12.2. The highest BCUT2D eigenvalue weighted by molar-refractivity contribution is 5.38. The monoisotopic (exact) mass is 256 g/mol. The molecule has 0 bridgehead atoms. The van der Waals surface area contributed by atoms with Crippen molar-refractivity contribution >= 4 is 5.82 Å². The maximum absolute atomic E-state index is 5.89. The van der Waals surface area contributed by atoms with E-state index in [2.05, 4.69) is 30.2 Å². The number of rotatable bonds is 6. The predicted molar refractivity (Wildman–Crippen MR) is 78.6 cm³/mol. The van der Waals surface area contributed by atoms with Crippen LogP contribution >= 0.6 is 0 Å². The molecule has 1 aromatic heterocycles. The van der Waals surface area contributed by atoms with Crippen molar-refractivity contribution < 1.29 is 4.74 Å². The molecule has 2 aromatic rings. The van der Waals surface area contributed by atoms with Crippen LogP contribution in [-0.4, -0.2) is 11.5 Å². The van der Waals surface area contributed by atoms with Crippen LogP contribution in [-0.2, 0) is 13.0 Å². The van der Waals surface area contributed by atoms with Crippen LogP contribution < -0.4 is 10.1 Å². The topological polar surface area (TPSA) is 34.1 Å². The van der Waals surface area contributed by atoms with Crippen LogP contribution in [0.1, 0.15) is 25.0 Å². The van der Waals surface area contributed by atoms with E-state index in [0.29, 0.717) is 6.61 Å². The molecule has 1 aromatic carbocycles.